The molecule has 0 saturated carbocycles. The third kappa shape index (κ3) is 23.0. The molecule has 9 amide bonds. The van der Waals surface area contributed by atoms with Gasteiger partial charge < -0.3 is 66.1 Å². The summed E-state index contributed by atoms with van der Waals surface area (Å²) in [5.41, 5.74) is 3.27. The lowest BCUT2D eigenvalue weighted by molar-refractivity contribution is -0.174. The molecule has 12 atom stereocenters. The fraction of sp³-hybridized carbons (Fsp3) is 0.723. The van der Waals surface area contributed by atoms with Gasteiger partial charge in [0.15, 0.2) is 24.0 Å². The van der Waals surface area contributed by atoms with Gasteiger partial charge in [-0.1, -0.05) is 94.7 Å². The number of aromatic amines is 1. The number of hydrogen-bond acceptors (Lipinski definition) is 16. The lowest BCUT2D eigenvalue weighted by Gasteiger charge is -2.46. The number of imidazole rings is 1. The minimum atomic E-state index is -2.10. The van der Waals surface area contributed by atoms with E-state index in [-0.39, 0.29) is 81.2 Å². The van der Waals surface area contributed by atoms with Crippen molar-refractivity contribution in [3.8, 4) is 0 Å². The van der Waals surface area contributed by atoms with Crippen LogP contribution in [-0.4, -0.2) is 218 Å². The first kappa shape index (κ1) is 78.3. The van der Waals surface area contributed by atoms with Crippen LogP contribution in [0.3, 0.4) is 0 Å². The second-order valence-corrected chi connectivity index (χ2v) is 27.0. The molecule has 1 aromatic heterocycles. The van der Waals surface area contributed by atoms with Gasteiger partial charge in [-0.15, -0.1) is 0 Å². The highest BCUT2D eigenvalue weighted by atomic mass is 16.5. The maximum atomic E-state index is 14.9. The molecule has 26 heteroatoms. The first-order valence-electron chi connectivity index (χ1n) is 32.2. The number of fused-ring (bicyclic) bond motifs is 1. The molecule has 512 valence electrons. The Balaban J connectivity index is 1.89. The SMILES string of the molecule is CCCC(C(=O)NC(C)(C=O)OC(C(=O)N(C)C(CC(C)C)C(N)=O)C(C)C)N1CC(C)CC(NC(C=O)(CC(C)C)N(C)C(=O)CN(C)C(=O)C(NC(=O)C(CC(C)Cc2nc3ccccc3[nH]2)N(C)C(=O)CC(O)CCNC(=O)CCC(C)C)C(C)O)C1=O. The first-order chi connectivity index (χ1) is 42.4. The first-order valence-corrected chi connectivity index (χ1v) is 32.2. The number of carbonyl (C=O) groups is 11. The molecular weight excluding hydrogens is 1170 g/mol. The van der Waals surface area contributed by atoms with Crippen molar-refractivity contribution in [1.82, 2.24) is 55.7 Å². The van der Waals surface area contributed by atoms with E-state index < -0.39 is 126 Å². The maximum Gasteiger partial charge on any atom is 0.252 e. The molecule has 26 nitrogen and oxygen atoms in total. The summed E-state index contributed by atoms with van der Waals surface area (Å²) < 4.78 is 6.14. The molecule has 0 aliphatic carbocycles. The number of carbonyl (C=O) groups excluding carboxylic acids is 11. The summed E-state index contributed by atoms with van der Waals surface area (Å²) in [7, 11) is 5.44. The molecule has 1 aliphatic heterocycles. The van der Waals surface area contributed by atoms with Crippen molar-refractivity contribution >= 4 is 76.8 Å². The predicted octanol–water partition coefficient (Wildman–Crippen LogP) is 2.80. The Morgan fingerprint density at radius 3 is 2.03 bits per heavy atom. The van der Waals surface area contributed by atoms with Crippen LogP contribution in [0.5, 0.6) is 0 Å². The van der Waals surface area contributed by atoms with Gasteiger partial charge in [0.1, 0.15) is 36.1 Å². The van der Waals surface area contributed by atoms with Gasteiger partial charge in [-0.25, -0.2) is 4.98 Å². The van der Waals surface area contributed by atoms with Crippen molar-refractivity contribution < 1.29 is 67.7 Å². The van der Waals surface area contributed by atoms with E-state index in [9.17, 15) is 63.0 Å². The van der Waals surface area contributed by atoms with E-state index in [2.05, 4.69) is 31.2 Å². The van der Waals surface area contributed by atoms with Crippen LogP contribution in [0.2, 0.25) is 0 Å². The number of likely N-dealkylation sites (tertiary alicyclic amines) is 1. The molecule has 91 heavy (non-hydrogen) atoms. The van der Waals surface area contributed by atoms with Gasteiger partial charge in [0.05, 0.1) is 42.2 Å². The molecule has 1 fully saturated rings. The number of rotatable bonds is 39. The number of piperidine rings is 1. The molecule has 1 saturated heterocycles. The Hall–Kier alpha value is -6.90. The van der Waals surface area contributed by atoms with Crippen molar-refractivity contribution in [2.45, 2.75) is 221 Å². The van der Waals surface area contributed by atoms with Crippen LogP contribution in [0.15, 0.2) is 24.3 Å². The molecule has 1 aliphatic rings. The number of H-pyrrole nitrogens is 1. The third-order valence-electron chi connectivity index (χ3n) is 16.7. The highest BCUT2D eigenvalue weighted by Crippen LogP contribution is 2.29. The van der Waals surface area contributed by atoms with E-state index in [0.717, 1.165) is 20.8 Å². The number of primary amides is 1. The highest BCUT2D eigenvalue weighted by molar-refractivity contribution is 5.95. The quantitative estimate of drug-likeness (QED) is 0.0352. The molecule has 0 spiro atoms. The molecule has 12 unspecified atom stereocenters. The number of nitrogens with zero attached hydrogens (tertiary/aromatic N) is 6. The number of aliphatic hydroxyl groups is 2. The number of hydrogen-bond donors (Lipinski definition) is 8. The molecule has 3 rings (SSSR count). The zero-order valence-corrected chi connectivity index (χ0v) is 57.0. The average molecular weight is 1280 g/mol. The van der Waals surface area contributed by atoms with E-state index in [1.165, 1.54) is 56.7 Å². The average Bonchev–Trinajstić information content (AvgIpc) is 1.39. The second kappa shape index (κ2) is 35.8. The summed E-state index contributed by atoms with van der Waals surface area (Å²) in [6.45, 7) is 22.3. The summed E-state index contributed by atoms with van der Waals surface area (Å²) in [6.07, 6.45) is -1.14. The Labute approximate surface area is 538 Å². The molecule has 0 radical (unpaired) electrons. The van der Waals surface area contributed by atoms with Crippen LogP contribution >= 0.6 is 0 Å². The van der Waals surface area contributed by atoms with Crippen LogP contribution in [0.1, 0.15) is 160 Å². The van der Waals surface area contributed by atoms with Crippen molar-refractivity contribution in [2.75, 3.05) is 47.8 Å². The minimum absolute atomic E-state index is 0.000349. The van der Waals surface area contributed by atoms with Gasteiger partial charge in [0.25, 0.3) is 5.91 Å². The zero-order chi connectivity index (χ0) is 69.0. The molecule has 2 heterocycles. The summed E-state index contributed by atoms with van der Waals surface area (Å²) in [5, 5.41) is 33.3. The van der Waals surface area contributed by atoms with Gasteiger partial charge in [0.2, 0.25) is 47.3 Å². The van der Waals surface area contributed by atoms with E-state index in [4.69, 9.17) is 10.5 Å². The summed E-state index contributed by atoms with van der Waals surface area (Å²) in [5.74, 6) is -6.42. The number of nitrogens with two attached hydrogens (primary N) is 1. The van der Waals surface area contributed by atoms with Gasteiger partial charge in [-0.2, -0.15) is 0 Å². The number of aldehydes is 2. The van der Waals surface area contributed by atoms with Gasteiger partial charge in [-0.05, 0) is 106 Å². The smallest absolute Gasteiger partial charge is 0.252 e. The molecule has 0 bridgehead atoms. The lowest BCUT2D eigenvalue weighted by atomic mass is 9.89. The van der Waals surface area contributed by atoms with E-state index in [1.54, 1.807) is 20.8 Å². The number of benzene rings is 1. The largest absolute Gasteiger partial charge is 0.393 e. The monoisotopic (exact) mass is 1280 g/mol. The maximum absolute atomic E-state index is 14.9. The van der Waals surface area contributed by atoms with Gasteiger partial charge in [0, 0.05) is 54.1 Å². The fourth-order valence-corrected chi connectivity index (χ4v) is 11.4. The number of para-hydroxylation sites is 2. The van der Waals surface area contributed by atoms with Crippen LogP contribution in [0.4, 0.5) is 0 Å². The summed E-state index contributed by atoms with van der Waals surface area (Å²) >= 11 is 0. The standard InChI is InChI=1S/C65H108N12O14/c1-18-21-49(60(87)72-64(13,36-78)91-57(41(8)9)63(90)75(16)50(58(66)85)28-39(4)5)77-34-43(11)29-48(61(77)88)71-65(37-79,33-40(6)7)76(17)55(84)35-73(14)62(89)56(44(12)80)70-59(86)51(30-42(10)31-52-68-46-22-19-20-23-47(46)69-52)74(15)54(83)32-45(81)26-27-67-53(82)25-24-38(2)3/h19-20,22-23,36-45,48-51,56-57,71,80-81H,18,21,24-35H2,1-17H3,(H2,66,85)(H,67,82)(H,68,69)(H,70,86)(H,72,87). The molecule has 9 N–H and O–H groups in total. The third-order valence-corrected chi connectivity index (χ3v) is 16.7. The number of aromatic nitrogens is 2. The van der Waals surface area contributed by atoms with Crippen molar-refractivity contribution in [2.24, 2.45) is 41.2 Å². The lowest BCUT2D eigenvalue weighted by Crippen LogP contribution is -2.69. The summed E-state index contributed by atoms with van der Waals surface area (Å²) in [6, 6.07) is 1.23. The van der Waals surface area contributed by atoms with Crippen LogP contribution in [0.25, 0.3) is 11.0 Å². The van der Waals surface area contributed by atoms with Crippen LogP contribution < -0.4 is 27.0 Å². The molecule has 1 aromatic carbocycles. The number of ether oxygens (including phenoxy) is 1. The topological polar surface area (TPSA) is 356 Å². The summed E-state index contributed by atoms with van der Waals surface area (Å²) in [4.78, 5) is 166. The van der Waals surface area contributed by atoms with Crippen molar-refractivity contribution in [1.29, 1.82) is 0 Å². The Morgan fingerprint density at radius 2 is 1.48 bits per heavy atom. The Morgan fingerprint density at radius 1 is 0.835 bits per heavy atom. The van der Waals surface area contributed by atoms with Crippen molar-refractivity contribution in [3.63, 3.8) is 0 Å². The van der Waals surface area contributed by atoms with E-state index >= 15 is 0 Å². The normalized spacial score (nSPS) is 18.4. The fourth-order valence-electron chi connectivity index (χ4n) is 11.4. The van der Waals surface area contributed by atoms with Gasteiger partial charge in [-0.3, -0.25) is 58.1 Å². The molecular formula is C65H108N12O14. The molecule has 2 aromatic rings. The van der Waals surface area contributed by atoms with Crippen LogP contribution in [-0.2, 0) is 63.9 Å². The second-order valence-electron chi connectivity index (χ2n) is 27.0. The number of likely N-dealkylation sites (N-methyl/N-ethyl adjacent to an activating group) is 4. The van der Waals surface area contributed by atoms with Crippen LogP contribution in [0, 0.1) is 35.5 Å². The minimum Gasteiger partial charge on any atom is -0.393 e. The predicted molar refractivity (Wildman–Crippen MR) is 343 cm³/mol. The number of amides is 9. The number of nitrogens with one attached hydrogen (secondary N) is 5. The zero-order valence-electron chi connectivity index (χ0n) is 57.0. The van der Waals surface area contributed by atoms with E-state index in [0.29, 0.717) is 50.0 Å². The van der Waals surface area contributed by atoms with Crippen molar-refractivity contribution in [3.05, 3.63) is 30.1 Å². The number of aliphatic hydroxyl groups excluding tert-OH is 2. The Kier molecular flexibility index (Phi) is 30.8. The Bertz CT molecular complexity index is 2760. The highest BCUT2D eigenvalue weighted by Gasteiger charge is 2.48. The van der Waals surface area contributed by atoms with Gasteiger partial charge >= 0.3 is 0 Å². The van der Waals surface area contributed by atoms with E-state index in [1.807, 2.05) is 79.7 Å².